The molecule has 0 saturated carbocycles. The second kappa shape index (κ2) is 9.23. The number of carbonyl (C=O) groups excluding carboxylic acids is 2. The fourth-order valence-corrected chi connectivity index (χ4v) is 3.53. The Morgan fingerprint density at radius 1 is 1.03 bits per heavy atom. The average molecular weight is 396 g/mol. The number of nitrogens with one attached hydrogen (secondary N) is 2. The zero-order valence-electron chi connectivity index (χ0n) is 16.2. The second-order valence-corrected chi connectivity index (χ2v) is 6.87. The molecule has 1 unspecified atom stereocenters. The van der Waals surface area contributed by atoms with Crippen molar-refractivity contribution in [3.05, 3.63) is 59.7 Å². The molecule has 2 aromatic carbocycles. The lowest BCUT2D eigenvalue weighted by molar-refractivity contribution is -0.141. The highest BCUT2D eigenvalue weighted by Gasteiger charge is 2.29. The van der Waals surface area contributed by atoms with Gasteiger partial charge >= 0.3 is 12.1 Å². The molecule has 0 bridgehead atoms. The monoisotopic (exact) mass is 396 g/mol. The van der Waals surface area contributed by atoms with E-state index < -0.39 is 24.0 Å². The van der Waals surface area contributed by atoms with Gasteiger partial charge in [0.05, 0.1) is 0 Å². The van der Waals surface area contributed by atoms with Crippen LogP contribution in [-0.4, -0.2) is 42.3 Å². The third kappa shape index (κ3) is 4.74. The number of ether oxygens (including phenoxy) is 1. The van der Waals surface area contributed by atoms with E-state index in [1.165, 1.54) is 0 Å². The fraction of sp³-hybridized carbons (Fsp3) is 0.318. The maximum absolute atomic E-state index is 12.0. The van der Waals surface area contributed by atoms with Gasteiger partial charge in [-0.3, -0.25) is 4.79 Å². The van der Waals surface area contributed by atoms with Gasteiger partial charge in [-0.1, -0.05) is 55.5 Å². The number of carbonyl (C=O) groups is 3. The summed E-state index contributed by atoms with van der Waals surface area (Å²) in [5.74, 6) is -1.54. The van der Waals surface area contributed by atoms with Crippen molar-refractivity contribution in [2.75, 3.05) is 13.2 Å². The van der Waals surface area contributed by atoms with Gasteiger partial charge in [0.1, 0.15) is 12.6 Å². The van der Waals surface area contributed by atoms with Crippen molar-refractivity contribution < 1.29 is 24.2 Å². The molecule has 7 nitrogen and oxygen atoms in total. The third-order valence-electron chi connectivity index (χ3n) is 5.01. The quantitative estimate of drug-likeness (QED) is 0.636. The van der Waals surface area contributed by atoms with Crippen molar-refractivity contribution in [1.82, 2.24) is 10.6 Å². The zero-order chi connectivity index (χ0) is 20.8. The molecular weight excluding hydrogens is 372 g/mol. The van der Waals surface area contributed by atoms with Crippen molar-refractivity contribution in [2.24, 2.45) is 0 Å². The Hall–Kier alpha value is -3.35. The molecule has 1 aliphatic carbocycles. The summed E-state index contributed by atoms with van der Waals surface area (Å²) in [5, 5.41) is 13.9. The van der Waals surface area contributed by atoms with Crippen LogP contribution in [0.5, 0.6) is 0 Å². The lowest BCUT2D eigenvalue weighted by Crippen LogP contribution is -2.41. The molecule has 0 radical (unpaired) electrons. The van der Waals surface area contributed by atoms with Gasteiger partial charge in [-0.05, 0) is 28.7 Å². The van der Waals surface area contributed by atoms with Crippen LogP contribution in [0.2, 0.25) is 0 Å². The van der Waals surface area contributed by atoms with Crippen molar-refractivity contribution in [1.29, 1.82) is 0 Å². The normalized spacial score (nSPS) is 13.1. The summed E-state index contributed by atoms with van der Waals surface area (Å²) in [4.78, 5) is 34.7. The number of hydrogen-bond donors (Lipinski definition) is 3. The largest absolute Gasteiger partial charge is 0.480 e. The van der Waals surface area contributed by atoms with Crippen LogP contribution in [0.4, 0.5) is 4.79 Å². The van der Waals surface area contributed by atoms with Gasteiger partial charge in [0.2, 0.25) is 5.91 Å². The highest BCUT2D eigenvalue weighted by molar-refractivity contribution is 5.84. The van der Waals surface area contributed by atoms with Crippen LogP contribution in [0.3, 0.4) is 0 Å². The molecule has 7 heteroatoms. The van der Waals surface area contributed by atoms with E-state index in [4.69, 9.17) is 9.84 Å². The molecule has 3 N–H and O–H groups in total. The number of aliphatic carboxylic acids is 1. The van der Waals surface area contributed by atoms with E-state index in [0.29, 0.717) is 6.42 Å². The highest BCUT2D eigenvalue weighted by Crippen LogP contribution is 2.44. The minimum absolute atomic E-state index is 0.0199. The first kappa shape index (κ1) is 20.4. The number of amides is 2. The predicted molar refractivity (Wildman–Crippen MR) is 108 cm³/mol. The standard InChI is InChI=1S/C22H24N2O5/c1-2-19(21(26)27)24-20(25)11-12-23-22(28)29-13-18-16-9-5-3-7-14(16)15-8-4-6-10-17(15)18/h3-10,18-19H,2,11-13H2,1H3,(H,23,28)(H,24,25)(H,26,27). The molecule has 0 saturated heterocycles. The van der Waals surface area contributed by atoms with Gasteiger partial charge in [-0.15, -0.1) is 0 Å². The van der Waals surface area contributed by atoms with Crippen LogP contribution in [0.1, 0.15) is 36.8 Å². The Labute approximate surface area is 169 Å². The smallest absolute Gasteiger partial charge is 0.407 e. The molecule has 0 fully saturated rings. The number of fused-ring (bicyclic) bond motifs is 3. The number of carboxylic acids is 1. The predicted octanol–water partition coefficient (Wildman–Crippen LogP) is 2.89. The van der Waals surface area contributed by atoms with Crippen LogP contribution in [-0.2, 0) is 14.3 Å². The summed E-state index contributed by atoms with van der Waals surface area (Å²) in [6.07, 6.45) is -0.334. The summed E-state index contributed by atoms with van der Waals surface area (Å²) in [6.45, 7) is 1.94. The molecule has 29 heavy (non-hydrogen) atoms. The van der Waals surface area contributed by atoms with Crippen molar-refractivity contribution in [3.8, 4) is 11.1 Å². The number of hydrogen-bond acceptors (Lipinski definition) is 4. The lowest BCUT2D eigenvalue weighted by Gasteiger charge is -2.15. The molecule has 0 heterocycles. The summed E-state index contributed by atoms with van der Waals surface area (Å²) in [6, 6.07) is 15.2. The molecular formula is C22H24N2O5. The van der Waals surface area contributed by atoms with E-state index in [1.807, 2.05) is 36.4 Å². The van der Waals surface area contributed by atoms with Gasteiger partial charge in [-0.2, -0.15) is 0 Å². The first-order valence-electron chi connectivity index (χ1n) is 9.62. The number of alkyl carbamates (subject to hydrolysis) is 1. The van der Waals surface area contributed by atoms with Crippen LogP contribution in [0.15, 0.2) is 48.5 Å². The average Bonchev–Trinajstić information content (AvgIpc) is 3.04. The van der Waals surface area contributed by atoms with E-state index >= 15 is 0 Å². The lowest BCUT2D eigenvalue weighted by atomic mass is 9.98. The van der Waals surface area contributed by atoms with Gasteiger partial charge in [-0.25, -0.2) is 9.59 Å². The van der Waals surface area contributed by atoms with E-state index in [0.717, 1.165) is 22.3 Å². The van der Waals surface area contributed by atoms with E-state index in [1.54, 1.807) is 6.92 Å². The molecule has 0 aliphatic heterocycles. The molecule has 152 valence electrons. The Kier molecular flexibility index (Phi) is 6.49. The Balaban J connectivity index is 1.49. The van der Waals surface area contributed by atoms with Crippen LogP contribution >= 0.6 is 0 Å². The topological polar surface area (TPSA) is 105 Å². The van der Waals surface area contributed by atoms with Gasteiger partial charge < -0.3 is 20.5 Å². The summed E-state index contributed by atoms with van der Waals surface area (Å²) in [7, 11) is 0. The Morgan fingerprint density at radius 2 is 1.62 bits per heavy atom. The van der Waals surface area contributed by atoms with E-state index in [-0.39, 0.29) is 25.5 Å². The summed E-state index contributed by atoms with van der Waals surface area (Å²) < 4.78 is 5.39. The fourth-order valence-electron chi connectivity index (χ4n) is 3.53. The number of rotatable bonds is 8. The Morgan fingerprint density at radius 3 is 2.17 bits per heavy atom. The molecule has 2 amide bonds. The van der Waals surface area contributed by atoms with Crippen LogP contribution < -0.4 is 10.6 Å². The molecule has 0 spiro atoms. The maximum atomic E-state index is 12.0. The van der Waals surface area contributed by atoms with Crippen LogP contribution in [0.25, 0.3) is 11.1 Å². The minimum atomic E-state index is -1.08. The Bertz CT molecular complexity index is 866. The van der Waals surface area contributed by atoms with Gasteiger partial charge in [0, 0.05) is 18.9 Å². The molecule has 1 aliphatic rings. The SMILES string of the molecule is CCC(NC(=O)CCNC(=O)OCC1c2ccccc2-c2ccccc21)C(=O)O. The third-order valence-corrected chi connectivity index (χ3v) is 5.01. The van der Waals surface area contributed by atoms with Crippen molar-refractivity contribution in [3.63, 3.8) is 0 Å². The molecule has 3 rings (SSSR count). The first-order valence-corrected chi connectivity index (χ1v) is 9.62. The van der Waals surface area contributed by atoms with Crippen LogP contribution in [0, 0.1) is 0 Å². The molecule has 1 atom stereocenters. The number of benzene rings is 2. The van der Waals surface area contributed by atoms with Gasteiger partial charge in [0.15, 0.2) is 0 Å². The first-order chi connectivity index (χ1) is 14.0. The summed E-state index contributed by atoms with van der Waals surface area (Å²) in [5.41, 5.74) is 4.55. The van der Waals surface area contributed by atoms with Crippen molar-refractivity contribution >= 4 is 18.0 Å². The van der Waals surface area contributed by atoms with E-state index in [9.17, 15) is 14.4 Å². The summed E-state index contributed by atoms with van der Waals surface area (Å²) >= 11 is 0. The minimum Gasteiger partial charge on any atom is -0.480 e. The molecule has 0 aromatic heterocycles. The van der Waals surface area contributed by atoms with Crippen molar-refractivity contribution in [2.45, 2.75) is 31.7 Å². The number of carboxylic acid groups (broad SMARTS) is 1. The second-order valence-electron chi connectivity index (χ2n) is 6.87. The van der Waals surface area contributed by atoms with Gasteiger partial charge in [0.25, 0.3) is 0 Å². The highest BCUT2D eigenvalue weighted by atomic mass is 16.5. The zero-order valence-corrected chi connectivity index (χ0v) is 16.2. The maximum Gasteiger partial charge on any atom is 0.407 e. The van der Waals surface area contributed by atoms with E-state index in [2.05, 4.69) is 22.8 Å². The molecule has 2 aromatic rings.